The second kappa shape index (κ2) is 10.3. The normalized spacial score (nSPS) is 18.5. The summed E-state index contributed by atoms with van der Waals surface area (Å²) in [5, 5.41) is 2.57. The van der Waals surface area contributed by atoms with Crippen LogP contribution in [0.1, 0.15) is 48.6 Å². The minimum atomic E-state index is -0.586. The van der Waals surface area contributed by atoms with Crippen LogP contribution in [0.5, 0.6) is 0 Å². The first kappa shape index (κ1) is 28.8. The Bertz CT molecular complexity index is 2290. The second-order valence-electron chi connectivity index (χ2n) is 14.7. The Morgan fingerprint density at radius 3 is 1.96 bits per heavy atom. The van der Waals surface area contributed by atoms with Gasteiger partial charge >= 0.3 is 0 Å². The lowest BCUT2D eigenvalue weighted by atomic mass is 9.62. The summed E-state index contributed by atoms with van der Waals surface area (Å²) in [6, 6.07) is 41.6. The van der Waals surface area contributed by atoms with E-state index in [1.165, 1.54) is 66.7 Å². The standard InChI is InChI=1S/C43H41N5/c1-42(2,3)31-24-32(26-34(25-31)47-23-21-45(5)29-47)43(30-12-7-6-8-13-30)37-16-11-15-36-35-14-9-10-17-39(35)48(41(36)37)40-19-18-33(27-38(40)43)46-22-20-44(4)28-46/h6-27H,28-29H2,1-5H3. The molecule has 0 fully saturated rings. The summed E-state index contributed by atoms with van der Waals surface area (Å²) in [4.78, 5) is 9.18. The molecule has 1 atom stereocenters. The maximum Gasteiger partial charge on any atom is 0.0938 e. The highest BCUT2D eigenvalue weighted by Gasteiger charge is 2.46. The number of fused-ring (bicyclic) bond motifs is 5. The average molecular weight is 628 g/mol. The lowest BCUT2D eigenvalue weighted by Crippen LogP contribution is -2.36. The van der Waals surface area contributed by atoms with Crippen molar-refractivity contribution in [1.29, 1.82) is 0 Å². The van der Waals surface area contributed by atoms with Gasteiger partial charge < -0.3 is 24.2 Å². The minimum Gasteiger partial charge on any atom is -0.361 e. The van der Waals surface area contributed by atoms with Gasteiger partial charge in [-0.15, -0.1) is 0 Å². The molecular formula is C43H41N5. The zero-order valence-corrected chi connectivity index (χ0v) is 28.4. The quantitative estimate of drug-likeness (QED) is 0.194. The lowest BCUT2D eigenvalue weighted by molar-refractivity contribution is 0.495. The van der Waals surface area contributed by atoms with Crippen LogP contribution in [0, 0.1) is 0 Å². The van der Waals surface area contributed by atoms with Gasteiger partial charge in [-0.1, -0.05) is 93.6 Å². The summed E-state index contributed by atoms with van der Waals surface area (Å²) < 4.78 is 2.53. The highest BCUT2D eigenvalue weighted by Crippen LogP contribution is 2.55. The molecule has 9 rings (SSSR count). The third kappa shape index (κ3) is 4.10. The molecule has 0 spiro atoms. The van der Waals surface area contributed by atoms with Gasteiger partial charge in [0.2, 0.25) is 0 Å². The fraction of sp³-hybridized carbons (Fsp3) is 0.209. The van der Waals surface area contributed by atoms with Crippen molar-refractivity contribution >= 4 is 33.2 Å². The molecule has 48 heavy (non-hydrogen) atoms. The Kier molecular flexibility index (Phi) is 6.17. The molecule has 0 saturated carbocycles. The van der Waals surface area contributed by atoms with Crippen molar-refractivity contribution in [1.82, 2.24) is 14.4 Å². The summed E-state index contributed by atoms with van der Waals surface area (Å²) in [6.07, 6.45) is 8.73. The van der Waals surface area contributed by atoms with Crippen molar-refractivity contribution in [2.24, 2.45) is 0 Å². The smallest absolute Gasteiger partial charge is 0.0938 e. The maximum atomic E-state index is 2.53. The molecule has 3 aliphatic rings. The maximum absolute atomic E-state index is 2.53. The van der Waals surface area contributed by atoms with Gasteiger partial charge in [0.1, 0.15) is 0 Å². The monoisotopic (exact) mass is 627 g/mol. The fourth-order valence-corrected chi connectivity index (χ4v) is 8.21. The number of nitrogens with zero attached hydrogens (tertiary/aromatic N) is 5. The van der Waals surface area contributed by atoms with Crippen molar-refractivity contribution in [2.45, 2.75) is 31.6 Å². The van der Waals surface area contributed by atoms with Crippen LogP contribution in [0.2, 0.25) is 0 Å². The molecule has 238 valence electrons. The van der Waals surface area contributed by atoms with Gasteiger partial charge in [0.05, 0.1) is 35.5 Å². The molecule has 4 heterocycles. The molecule has 6 aromatic rings. The summed E-state index contributed by atoms with van der Waals surface area (Å²) in [6.45, 7) is 8.64. The molecule has 0 N–H and O–H groups in total. The molecule has 1 aromatic heterocycles. The van der Waals surface area contributed by atoms with E-state index in [9.17, 15) is 0 Å². The second-order valence-corrected chi connectivity index (χ2v) is 14.7. The number of rotatable bonds is 4. The molecule has 1 unspecified atom stereocenters. The first-order valence-electron chi connectivity index (χ1n) is 16.9. The van der Waals surface area contributed by atoms with Crippen molar-refractivity contribution in [2.75, 3.05) is 37.2 Å². The molecule has 0 amide bonds. The summed E-state index contributed by atoms with van der Waals surface area (Å²) >= 11 is 0. The van der Waals surface area contributed by atoms with Gasteiger partial charge in [-0.2, -0.15) is 0 Å². The van der Waals surface area contributed by atoms with Gasteiger partial charge in [-0.05, 0) is 69.6 Å². The van der Waals surface area contributed by atoms with E-state index < -0.39 is 5.41 Å². The Balaban J connectivity index is 1.46. The van der Waals surface area contributed by atoms with Crippen LogP contribution in [0.3, 0.4) is 0 Å². The third-order valence-electron chi connectivity index (χ3n) is 10.6. The van der Waals surface area contributed by atoms with Crippen LogP contribution in [-0.2, 0) is 10.8 Å². The molecule has 5 heteroatoms. The van der Waals surface area contributed by atoms with E-state index in [1.54, 1.807) is 0 Å². The van der Waals surface area contributed by atoms with Crippen LogP contribution in [-0.4, -0.2) is 41.8 Å². The predicted octanol–water partition coefficient (Wildman–Crippen LogP) is 9.14. The molecule has 0 aliphatic carbocycles. The lowest BCUT2D eigenvalue weighted by Gasteiger charge is -2.43. The van der Waals surface area contributed by atoms with E-state index in [2.05, 4.69) is 193 Å². The van der Waals surface area contributed by atoms with Gasteiger partial charge in [-0.3, -0.25) is 0 Å². The minimum absolute atomic E-state index is 0.0524. The van der Waals surface area contributed by atoms with E-state index in [0.29, 0.717) is 0 Å². The van der Waals surface area contributed by atoms with Crippen molar-refractivity contribution in [3.63, 3.8) is 0 Å². The zero-order valence-electron chi connectivity index (χ0n) is 28.4. The number of benzene rings is 5. The summed E-state index contributed by atoms with van der Waals surface area (Å²) in [7, 11) is 4.27. The molecule has 0 radical (unpaired) electrons. The topological polar surface area (TPSA) is 17.9 Å². The van der Waals surface area contributed by atoms with Crippen LogP contribution in [0.25, 0.3) is 27.5 Å². The van der Waals surface area contributed by atoms with Gasteiger partial charge in [0.15, 0.2) is 0 Å². The van der Waals surface area contributed by atoms with E-state index >= 15 is 0 Å². The molecule has 0 saturated heterocycles. The zero-order chi connectivity index (χ0) is 32.8. The SMILES string of the molecule is CN1C=CN(c2cc(C(C)(C)C)cc(C3(c4ccccc4)c4cc(N5C=CN(C)C5)ccc4-n4c5ccccc5c5cccc3c54)c2)C1. The summed E-state index contributed by atoms with van der Waals surface area (Å²) in [5.41, 5.74) is 12.0. The third-order valence-corrected chi connectivity index (χ3v) is 10.6. The Morgan fingerprint density at radius 1 is 0.562 bits per heavy atom. The molecule has 0 bridgehead atoms. The van der Waals surface area contributed by atoms with E-state index in [-0.39, 0.29) is 5.41 Å². The highest BCUT2D eigenvalue weighted by atomic mass is 15.3. The Labute approximate surface area is 283 Å². The summed E-state index contributed by atoms with van der Waals surface area (Å²) in [5.74, 6) is 0. The fourth-order valence-electron chi connectivity index (χ4n) is 8.21. The Morgan fingerprint density at radius 2 is 1.25 bits per heavy atom. The number of para-hydroxylation sites is 2. The molecule has 5 aromatic carbocycles. The molecule has 5 nitrogen and oxygen atoms in total. The van der Waals surface area contributed by atoms with Crippen LogP contribution in [0.15, 0.2) is 134 Å². The number of aromatic nitrogens is 1. The number of anilines is 2. The molecular weight excluding hydrogens is 587 g/mol. The van der Waals surface area contributed by atoms with Gasteiger partial charge in [-0.25, -0.2) is 0 Å². The average Bonchev–Trinajstić information content (AvgIpc) is 3.83. The van der Waals surface area contributed by atoms with Crippen molar-refractivity contribution in [3.8, 4) is 5.69 Å². The largest absolute Gasteiger partial charge is 0.361 e. The van der Waals surface area contributed by atoms with E-state index in [4.69, 9.17) is 0 Å². The van der Waals surface area contributed by atoms with Gasteiger partial charge in [0.25, 0.3) is 0 Å². The number of hydrogen-bond donors (Lipinski definition) is 0. The molecule has 3 aliphatic heterocycles. The van der Waals surface area contributed by atoms with Crippen LogP contribution >= 0.6 is 0 Å². The van der Waals surface area contributed by atoms with Crippen molar-refractivity contribution in [3.05, 3.63) is 162 Å². The van der Waals surface area contributed by atoms with Crippen LogP contribution < -0.4 is 9.80 Å². The predicted molar refractivity (Wildman–Crippen MR) is 200 cm³/mol. The number of hydrogen-bond acceptors (Lipinski definition) is 4. The highest BCUT2D eigenvalue weighted by molar-refractivity contribution is 6.12. The first-order chi connectivity index (χ1) is 23.2. The van der Waals surface area contributed by atoms with Crippen molar-refractivity contribution < 1.29 is 0 Å². The van der Waals surface area contributed by atoms with Crippen LogP contribution in [0.4, 0.5) is 11.4 Å². The Hall–Kier alpha value is -5.42. The van der Waals surface area contributed by atoms with E-state index in [0.717, 1.165) is 13.3 Å². The van der Waals surface area contributed by atoms with Gasteiger partial charge in [0, 0.05) is 61.0 Å². The van der Waals surface area contributed by atoms with E-state index in [1.807, 2.05) is 0 Å². The first-order valence-corrected chi connectivity index (χ1v) is 16.9.